The summed E-state index contributed by atoms with van der Waals surface area (Å²) in [5.74, 6) is 0.180. The average Bonchev–Trinajstić information content (AvgIpc) is 2.00. The van der Waals surface area contributed by atoms with Crippen molar-refractivity contribution in [3.8, 4) is 0 Å². The number of carboxylic acid groups (broad SMARTS) is 1. The second-order valence-corrected chi connectivity index (χ2v) is 4.12. The van der Waals surface area contributed by atoms with Gasteiger partial charge in [-0.15, -0.1) is 0 Å². The molecule has 0 aromatic carbocycles. The normalized spacial score (nSPS) is 16.4. The molecule has 0 radical (unpaired) electrons. The van der Waals surface area contributed by atoms with Crippen LogP contribution < -0.4 is 0 Å². The lowest BCUT2D eigenvalue weighted by Crippen LogP contribution is -2.14. The maximum Gasteiger partial charge on any atom is 0.340 e. The molecule has 1 N–H and O–H groups in total. The zero-order chi connectivity index (χ0) is 10.1. The molecule has 14 heavy (non-hydrogen) atoms. The van der Waals surface area contributed by atoms with Crippen molar-refractivity contribution in [2.75, 3.05) is 0 Å². The van der Waals surface area contributed by atoms with E-state index in [-0.39, 0.29) is 5.56 Å². The Morgan fingerprint density at radius 2 is 2.29 bits per heavy atom. The number of carboxylic acids is 1. The van der Waals surface area contributed by atoms with Gasteiger partial charge in [0.15, 0.2) is 0 Å². The molecular formula is C9H9BrN2O2. The van der Waals surface area contributed by atoms with Gasteiger partial charge in [-0.1, -0.05) is 6.42 Å². The first-order valence-corrected chi connectivity index (χ1v) is 5.23. The highest BCUT2D eigenvalue weighted by atomic mass is 79.9. The van der Waals surface area contributed by atoms with E-state index in [0.717, 1.165) is 18.7 Å². The van der Waals surface area contributed by atoms with E-state index in [4.69, 9.17) is 5.11 Å². The third-order valence-corrected chi connectivity index (χ3v) is 3.07. The van der Waals surface area contributed by atoms with Gasteiger partial charge in [0, 0.05) is 12.1 Å². The summed E-state index contributed by atoms with van der Waals surface area (Å²) in [5, 5.41) is 8.76. The maximum absolute atomic E-state index is 10.7. The molecule has 74 valence electrons. The lowest BCUT2D eigenvalue weighted by atomic mass is 9.85. The van der Waals surface area contributed by atoms with Gasteiger partial charge < -0.3 is 5.11 Å². The van der Waals surface area contributed by atoms with Gasteiger partial charge in [-0.25, -0.2) is 14.8 Å². The van der Waals surface area contributed by atoms with Crippen molar-refractivity contribution in [1.29, 1.82) is 0 Å². The standard InChI is InChI=1S/C9H9BrN2O2/c10-7-6(9(13)14)4-11-8(12-7)5-2-1-3-5/h4-5H,1-3H2,(H,13,14). The van der Waals surface area contributed by atoms with Gasteiger partial charge in [0.25, 0.3) is 0 Å². The zero-order valence-corrected chi connectivity index (χ0v) is 8.99. The van der Waals surface area contributed by atoms with Gasteiger partial charge in [0.2, 0.25) is 0 Å². The van der Waals surface area contributed by atoms with Crippen molar-refractivity contribution in [3.05, 3.63) is 22.2 Å². The number of nitrogens with zero attached hydrogens (tertiary/aromatic N) is 2. The predicted octanol–water partition coefficient (Wildman–Crippen LogP) is 2.20. The maximum atomic E-state index is 10.7. The Morgan fingerprint density at radius 1 is 1.57 bits per heavy atom. The molecule has 1 saturated carbocycles. The van der Waals surface area contributed by atoms with Crippen LogP contribution in [-0.4, -0.2) is 21.0 Å². The minimum Gasteiger partial charge on any atom is -0.478 e. The summed E-state index contributed by atoms with van der Waals surface area (Å²) in [6.45, 7) is 0. The quantitative estimate of drug-likeness (QED) is 0.825. The van der Waals surface area contributed by atoms with Gasteiger partial charge >= 0.3 is 5.97 Å². The first-order chi connectivity index (χ1) is 6.68. The molecule has 1 aliphatic carbocycles. The number of hydrogen-bond acceptors (Lipinski definition) is 3. The van der Waals surface area contributed by atoms with Crippen LogP contribution in [-0.2, 0) is 0 Å². The van der Waals surface area contributed by atoms with Crippen LogP contribution in [0.4, 0.5) is 0 Å². The Hall–Kier alpha value is -0.970. The molecular weight excluding hydrogens is 248 g/mol. The highest BCUT2D eigenvalue weighted by molar-refractivity contribution is 9.10. The van der Waals surface area contributed by atoms with Gasteiger partial charge in [-0.3, -0.25) is 0 Å². The molecule has 0 spiro atoms. The minimum absolute atomic E-state index is 0.119. The predicted molar refractivity (Wildman–Crippen MR) is 53.3 cm³/mol. The van der Waals surface area contributed by atoms with Crippen molar-refractivity contribution < 1.29 is 9.90 Å². The summed E-state index contributed by atoms with van der Waals surface area (Å²) in [6, 6.07) is 0. The molecule has 4 nitrogen and oxygen atoms in total. The van der Waals surface area contributed by atoms with E-state index in [1.165, 1.54) is 12.6 Å². The first kappa shape index (κ1) is 9.58. The van der Waals surface area contributed by atoms with Crippen LogP contribution in [0.5, 0.6) is 0 Å². The molecule has 1 aliphatic rings. The Kier molecular flexibility index (Phi) is 2.50. The fourth-order valence-electron chi connectivity index (χ4n) is 1.38. The lowest BCUT2D eigenvalue weighted by Gasteiger charge is -2.23. The Morgan fingerprint density at radius 3 is 2.71 bits per heavy atom. The van der Waals surface area contributed by atoms with Crippen LogP contribution >= 0.6 is 15.9 Å². The van der Waals surface area contributed by atoms with Crippen molar-refractivity contribution >= 4 is 21.9 Å². The molecule has 2 rings (SSSR count). The van der Waals surface area contributed by atoms with Crippen LogP contribution in [0.25, 0.3) is 0 Å². The van der Waals surface area contributed by atoms with Gasteiger partial charge in [-0.2, -0.15) is 0 Å². The number of aromatic nitrogens is 2. The summed E-state index contributed by atoms with van der Waals surface area (Å²) in [7, 11) is 0. The summed E-state index contributed by atoms with van der Waals surface area (Å²) in [4.78, 5) is 18.9. The molecule has 0 unspecified atom stereocenters. The summed E-state index contributed by atoms with van der Waals surface area (Å²) >= 11 is 3.14. The number of halogens is 1. The third kappa shape index (κ3) is 1.64. The molecule has 0 saturated heterocycles. The van der Waals surface area contributed by atoms with Gasteiger partial charge in [-0.05, 0) is 28.8 Å². The van der Waals surface area contributed by atoms with E-state index < -0.39 is 5.97 Å². The van der Waals surface area contributed by atoms with Crippen molar-refractivity contribution in [3.63, 3.8) is 0 Å². The lowest BCUT2D eigenvalue weighted by molar-refractivity contribution is 0.0694. The molecule has 1 fully saturated rings. The first-order valence-electron chi connectivity index (χ1n) is 4.44. The molecule has 5 heteroatoms. The Balaban J connectivity index is 2.30. The van der Waals surface area contributed by atoms with Crippen LogP contribution in [0, 0.1) is 0 Å². The van der Waals surface area contributed by atoms with Crippen molar-refractivity contribution in [2.24, 2.45) is 0 Å². The van der Waals surface area contributed by atoms with Crippen molar-refractivity contribution in [2.45, 2.75) is 25.2 Å². The summed E-state index contributed by atoms with van der Waals surface area (Å²) in [5.41, 5.74) is 0.119. The molecule has 0 bridgehead atoms. The van der Waals surface area contributed by atoms with E-state index >= 15 is 0 Å². The fourth-order valence-corrected chi connectivity index (χ4v) is 1.83. The van der Waals surface area contributed by atoms with Crippen molar-refractivity contribution in [1.82, 2.24) is 9.97 Å². The Labute approximate surface area is 89.5 Å². The van der Waals surface area contributed by atoms with Crippen LogP contribution in [0.1, 0.15) is 41.4 Å². The second-order valence-electron chi connectivity index (χ2n) is 3.37. The number of rotatable bonds is 2. The number of hydrogen-bond donors (Lipinski definition) is 1. The SMILES string of the molecule is O=C(O)c1cnc(C2CCC2)nc1Br. The smallest absolute Gasteiger partial charge is 0.340 e. The van der Waals surface area contributed by atoms with Gasteiger partial charge in [0.1, 0.15) is 16.0 Å². The van der Waals surface area contributed by atoms with E-state index in [1.54, 1.807) is 0 Å². The summed E-state index contributed by atoms with van der Waals surface area (Å²) < 4.78 is 0.377. The molecule has 0 aliphatic heterocycles. The highest BCUT2D eigenvalue weighted by Gasteiger charge is 2.23. The van der Waals surface area contributed by atoms with Crippen LogP contribution in [0.15, 0.2) is 10.8 Å². The fraction of sp³-hybridized carbons (Fsp3) is 0.444. The topological polar surface area (TPSA) is 63.1 Å². The minimum atomic E-state index is -1.00. The average molecular weight is 257 g/mol. The van der Waals surface area contributed by atoms with Crippen LogP contribution in [0.2, 0.25) is 0 Å². The van der Waals surface area contributed by atoms with Crippen LogP contribution in [0.3, 0.4) is 0 Å². The van der Waals surface area contributed by atoms with E-state index in [2.05, 4.69) is 25.9 Å². The Bertz CT molecular complexity index is 377. The largest absolute Gasteiger partial charge is 0.478 e. The molecule has 0 atom stereocenters. The molecule has 1 aromatic heterocycles. The number of aromatic carboxylic acids is 1. The third-order valence-electron chi connectivity index (χ3n) is 2.46. The second kappa shape index (κ2) is 3.65. The van der Waals surface area contributed by atoms with E-state index in [1.807, 2.05) is 0 Å². The van der Waals surface area contributed by atoms with E-state index in [0.29, 0.717) is 10.5 Å². The van der Waals surface area contributed by atoms with E-state index in [9.17, 15) is 4.79 Å². The number of carbonyl (C=O) groups is 1. The van der Waals surface area contributed by atoms with Gasteiger partial charge in [0.05, 0.1) is 0 Å². The summed E-state index contributed by atoms with van der Waals surface area (Å²) in [6.07, 6.45) is 4.80. The zero-order valence-electron chi connectivity index (χ0n) is 7.40. The highest BCUT2D eigenvalue weighted by Crippen LogP contribution is 2.34. The molecule has 0 amide bonds. The molecule has 1 aromatic rings. The molecule has 1 heterocycles. The monoisotopic (exact) mass is 256 g/mol.